The van der Waals surface area contributed by atoms with Crippen LogP contribution in [0.3, 0.4) is 0 Å². The van der Waals surface area contributed by atoms with Crippen molar-refractivity contribution < 1.29 is 0 Å². The quantitative estimate of drug-likeness (QED) is 0.491. The van der Waals surface area contributed by atoms with Crippen molar-refractivity contribution in [3.63, 3.8) is 0 Å². The average Bonchev–Trinajstić information content (AvgIpc) is 2.73. The zero-order chi connectivity index (χ0) is 15.4. The summed E-state index contributed by atoms with van der Waals surface area (Å²) in [5, 5.41) is 0. The third-order valence-electron chi connectivity index (χ3n) is 4.24. The highest BCUT2D eigenvalue weighted by molar-refractivity contribution is 5.83. The summed E-state index contributed by atoms with van der Waals surface area (Å²) >= 11 is 0. The summed E-state index contributed by atoms with van der Waals surface area (Å²) in [6.07, 6.45) is 3.67. The van der Waals surface area contributed by atoms with Gasteiger partial charge in [-0.3, -0.25) is 0 Å². The molecule has 2 radical (unpaired) electrons. The third kappa shape index (κ3) is 2.31. The minimum Gasteiger partial charge on any atom is -0.0619 e. The van der Waals surface area contributed by atoms with E-state index in [4.69, 9.17) is 0 Å². The minimum absolute atomic E-state index is 0.114. The van der Waals surface area contributed by atoms with Crippen LogP contribution in [0.25, 0.3) is 11.1 Å². The first kappa shape index (κ1) is 14.4. The normalized spacial score (nSPS) is 14.0. The van der Waals surface area contributed by atoms with E-state index in [0.717, 1.165) is 0 Å². The molecule has 0 N–H and O–H groups in total. The summed E-state index contributed by atoms with van der Waals surface area (Å²) in [4.78, 5) is 0. The second-order valence-corrected chi connectivity index (χ2v) is 8.08. The van der Waals surface area contributed by atoms with Crippen molar-refractivity contribution >= 4 is 0 Å². The summed E-state index contributed by atoms with van der Waals surface area (Å²) in [5.41, 5.74) is 8.33. The maximum atomic E-state index is 3.67. The fraction of sp³-hybridized carbons (Fsp3) is 0.381. The van der Waals surface area contributed by atoms with Crippen molar-refractivity contribution in [1.29, 1.82) is 0 Å². The smallest absolute Gasteiger partial charge is 0.0518 e. The van der Waals surface area contributed by atoms with Crippen molar-refractivity contribution in [2.24, 2.45) is 0 Å². The van der Waals surface area contributed by atoms with Gasteiger partial charge in [-0.25, -0.2) is 0 Å². The zero-order valence-corrected chi connectivity index (χ0v) is 14.0. The van der Waals surface area contributed by atoms with Crippen LogP contribution < -0.4 is 0 Å². The lowest BCUT2D eigenvalue weighted by Gasteiger charge is -2.32. The van der Waals surface area contributed by atoms with Crippen molar-refractivity contribution in [3.8, 4) is 11.1 Å². The molecule has 0 heterocycles. The molecule has 21 heavy (non-hydrogen) atoms. The second-order valence-electron chi connectivity index (χ2n) is 8.08. The lowest BCUT2D eigenvalue weighted by Crippen LogP contribution is -2.23. The Bertz CT molecular complexity index is 691. The third-order valence-corrected chi connectivity index (χ3v) is 4.24. The van der Waals surface area contributed by atoms with E-state index in [0.29, 0.717) is 0 Å². The lowest BCUT2D eigenvalue weighted by molar-refractivity contribution is 0.528. The largest absolute Gasteiger partial charge is 0.0619 e. The van der Waals surface area contributed by atoms with E-state index in [1.807, 2.05) is 0 Å². The number of rotatable bonds is 0. The van der Waals surface area contributed by atoms with Crippen LogP contribution in [0.15, 0.2) is 36.4 Å². The molecule has 0 nitrogen and oxygen atoms in total. The minimum atomic E-state index is 0.114. The van der Waals surface area contributed by atoms with Crippen LogP contribution in [-0.2, 0) is 10.8 Å². The standard InChI is InChI=1S/C21H24/c1-20(2,3)18-12-11-16-15-10-8-7-9-14(15)13-17(16)19(18)21(4,5)6/h7-12H,1-6H3. The SMILES string of the molecule is CC(C)(C)c1ccc2c(c1C(C)(C)C)[C]c1ccccc1-2. The molecule has 108 valence electrons. The molecule has 0 saturated heterocycles. The Morgan fingerprint density at radius 2 is 1.38 bits per heavy atom. The number of hydrogen-bond donors (Lipinski definition) is 0. The monoisotopic (exact) mass is 276 g/mol. The Balaban J connectivity index is 2.31. The molecular formula is C21H24. The topological polar surface area (TPSA) is 0 Å². The highest BCUT2D eigenvalue weighted by Gasteiger charge is 2.32. The molecule has 0 fully saturated rings. The van der Waals surface area contributed by atoms with Crippen LogP contribution in [0.1, 0.15) is 63.8 Å². The number of hydrogen-bond acceptors (Lipinski definition) is 0. The lowest BCUT2D eigenvalue weighted by atomic mass is 9.72. The molecule has 0 spiro atoms. The number of fused-ring (bicyclic) bond motifs is 3. The van der Waals surface area contributed by atoms with E-state index < -0.39 is 0 Å². The van der Waals surface area contributed by atoms with Crippen LogP contribution >= 0.6 is 0 Å². The van der Waals surface area contributed by atoms with Crippen LogP contribution in [0.2, 0.25) is 0 Å². The highest BCUT2D eigenvalue weighted by Crippen LogP contribution is 2.46. The molecule has 2 aromatic rings. The fourth-order valence-corrected chi connectivity index (χ4v) is 3.32. The maximum absolute atomic E-state index is 3.67. The van der Waals surface area contributed by atoms with Crippen LogP contribution in [0.4, 0.5) is 0 Å². The summed E-state index contributed by atoms with van der Waals surface area (Å²) in [5.74, 6) is 0. The maximum Gasteiger partial charge on any atom is 0.0518 e. The summed E-state index contributed by atoms with van der Waals surface area (Å²) in [7, 11) is 0. The summed E-state index contributed by atoms with van der Waals surface area (Å²) < 4.78 is 0. The molecular weight excluding hydrogens is 252 g/mol. The molecule has 0 saturated carbocycles. The Kier molecular flexibility index (Phi) is 3.06. The van der Waals surface area contributed by atoms with Crippen molar-refractivity contribution in [2.75, 3.05) is 0 Å². The second kappa shape index (κ2) is 4.47. The molecule has 0 aromatic heterocycles. The van der Waals surface area contributed by atoms with Crippen molar-refractivity contribution in [2.45, 2.75) is 52.4 Å². The molecule has 1 aliphatic rings. The Labute approximate surface area is 129 Å². The van der Waals surface area contributed by atoms with Gasteiger partial charge >= 0.3 is 0 Å². The van der Waals surface area contributed by atoms with E-state index >= 15 is 0 Å². The van der Waals surface area contributed by atoms with E-state index in [-0.39, 0.29) is 10.8 Å². The molecule has 0 atom stereocenters. The summed E-state index contributed by atoms with van der Waals surface area (Å²) in [6, 6.07) is 13.2. The van der Waals surface area contributed by atoms with Crippen molar-refractivity contribution in [3.05, 3.63) is 65.1 Å². The predicted molar refractivity (Wildman–Crippen MR) is 90.7 cm³/mol. The molecule has 1 aliphatic carbocycles. The predicted octanol–water partition coefficient (Wildman–Crippen LogP) is 5.74. The van der Waals surface area contributed by atoms with Gasteiger partial charge in [-0.15, -0.1) is 0 Å². The van der Waals surface area contributed by atoms with E-state index in [9.17, 15) is 0 Å². The molecule has 3 rings (SSSR count). The van der Waals surface area contributed by atoms with Crippen LogP contribution in [0, 0.1) is 6.42 Å². The zero-order valence-electron chi connectivity index (χ0n) is 14.0. The van der Waals surface area contributed by atoms with Gasteiger partial charge in [0.1, 0.15) is 0 Å². The van der Waals surface area contributed by atoms with Crippen LogP contribution in [0.5, 0.6) is 0 Å². The van der Waals surface area contributed by atoms with Crippen LogP contribution in [-0.4, -0.2) is 0 Å². The molecule has 0 amide bonds. The van der Waals surface area contributed by atoms with Gasteiger partial charge < -0.3 is 0 Å². The fourth-order valence-electron chi connectivity index (χ4n) is 3.32. The first-order chi connectivity index (χ1) is 9.69. The van der Waals surface area contributed by atoms with Gasteiger partial charge in [0.25, 0.3) is 0 Å². The van der Waals surface area contributed by atoms with Gasteiger partial charge in [0.15, 0.2) is 0 Å². The van der Waals surface area contributed by atoms with Gasteiger partial charge in [-0.05, 0) is 44.2 Å². The Hall–Kier alpha value is -1.56. The van der Waals surface area contributed by atoms with E-state index in [1.54, 1.807) is 0 Å². The Morgan fingerprint density at radius 3 is 2.00 bits per heavy atom. The first-order valence-electron chi connectivity index (χ1n) is 7.74. The highest BCUT2D eigenvalue weighted by atomic mass is 14.4. The average molecular weight is 276 g/mol. The summed E-state index contributed by atoms with van der Waals surface area (Å²) in [6.45, 7) is 13.8. The van der Waals surface area contributed by atoms with Gasteiger partial charge in [0.05, 0.1) is 6.42 Å². The van der Waals surface area contributed by atoms with Gasteiger partial charge in [0.2, 0.25) is 0 Å². The van der Waals surface area contributed by atoms with Gasteiger partial charge in [-0.2, -0.15) is 0 Å². The molecule has 2 aromatic carbocycles. The molecule has 0 heteroatoms. The van der Waals surface area contributed by atoms with Crippen molar-refractivity contribution in [1.82, 2.24) is 0 Å². The van der Waals surface area contributed by atoms with Gasteiger partial charge in [-0.1, -0.05) is 77.9 Å². The molecule has 0 unspecified atom stereocenters. The van der Waals surface area contributed by atoms with E-state index in [2.05, 4.69) is 84.4 Å². The van der Waals surface area contributed by atoms with Gasteiger partial charge in [0, 0.05) is 0 Å². The Morgan fingerprint density at radius 1 is 0.714 bits per heavy atom. The first-order valence-corrected chi connectivity index (χ1v) is 7.74. The van der Waals surface area contributed by atoms with E-state index in [1.165, 1.54) is 33.4 Å². The number of benzene rings is 2. The molecule has 0 aliphatic heterocycles. The molecule has 0 bridgehead atoms.